The molecule has 3 rings (SSSR count). The Kier molecular flexibility index (Phi) is 3.05. The number of fused-ring (bicyclic) bond motifs is 1. The molecule has 0 aliphatic heterocycles. The summed E-state index contributed by atoms with van der Waals surface area (Å²) < 4.78 is 23.0. The Morgan fingerprint density at radius 3 is 2.74 bits per heavy atom. The van der Waals surface area contributed by atoms with Crippen molar-refractivity contribution in [2.24, 2.45) is 0 Å². The van der Waals surface area contributed by atoms with E-state index in [0.717, 1.165) is 0 Å². The molecule has 0 atom stereocenters. The molecule has 2 heterocycles. The van der Waals surface area contributed by atoms with Gasteiger partial charge in [0.25, 0.3) is 9.05 Å². The van der Waals surface area contributed by atoms with Crippen molar-refractivity contribution in [1.82, 2.24) is 9.97 Å². The van der Waals surface area contributed by atoms with Crippen molar-refractivity contribution in [2.45, 2.75) is 4.90 Å². The van der Waals surface area contributed by atoms with Crippen molar-refractivity contribution in [1.29, 1.82) is 0 Å². The quantitative estimate of drug-likeness (QED) is 0.724. The molecule has 3 aromatic rings. The van der Waals surface area contributed by atoms with Crippen LogP contribution in [0.15, 0.2) is 34.1 Å². The van der Waals surface area contributed by atoms with Gasteiger partial charge in [0.05, 0.1) is 21.7 Å². The fourth-order valence-corrected chi connectivity index (χ4v) is 3.75. The summed E-state index contributed by atoms with van der Waals surface area (Å²) >= 11 is 7.62. The van der Waals surface area contributed by atoms with Gasteiger partial charge in [0.1, 0.15) is 4.90 Å². The largest absolute Gasteiger partial charge is 0.359 e. The summed E-state index contributed by atoms with van der Waals surface area (Å²) in [6, 6.07) is 3.26. The second-order valence-electron chi connectivity index (χ2n) is 3.81. The van der Waals surface area contributed by atoms with Crippen molar-refractivity contribution in [2.75, 3.05) is 0 Å². The number of aromatic amines is 1. The third-order valence-corrected chi connectivity index (χ3v) is 4.98. The van der Waals surface area contributed by atoms with Gasteiger partial charge in [-0.1, -0.05) is 11.6 Å². The first-order valence-electron chi connectivity index (χ1n) is 5.11. The predicted octanol–water partition coefficient (Wildman–Crippen LogP) is 3.87. The molecule has 0 amide bonds. The van der Waals surface area contributed by atoms with E-state index in [9.17, 15) is 8.42 Å². The molecule has 0 spiro atoms. The van der Waals surface area contributed by atoms with Crippen molar-refractivity contribution in [3.8, 4) is 11.3 Å². The van der Waals surface area contributed by atoms with E-state index in [1.54, 1.807) is 17.6 Å². The average molecular weight is 333 g/mol. The van der Waals surface area contributed by atoms with Crippen LogP contribution in [0, 0.1) is 0 Å². The number of hydrogen-bond acceptors (Lipinski definition) is 4. The highest BCUT2D eigenvalue weighted by molar-refractivity contribution is 8.14. The fourth-order valence-electron chi connectivity index (χ4n) is 1.94. The van der Waals surface area contributed by atoms with Crippen molar-refractivity contribution in [3.63, 3.8) is 0 Å². The van der Waals surface area contributed by atoms with Gasteiger partial charge in [-0.3, -0.25) is 0 Å². The van der Waals surface area contributed by atoms with Crippen LogP contribution in [-0.2, 0) is 9.05 Å². The lowest BCUT2D eigenvalue weighted by Crippen LogP contribution is -1.88. The number of thiazole rings is 1. The molecule has 1 N–H and O–H groups in total. The molecule has 0 fully saturated rings. The molecule has 0 bridgehead atoms. The summed E-state index contributed by atoms with van der Waals surface area (Å²) in [6.07, 6.45) is 1.36. The second-order valence-corrected chi connectivity index (χ2v) is 7.47. The van der Waals surface area contributed by atoms with Gasteiger partial charge in [-0.25, -0.2) is 13.4 Å². The Labute approximate surface area is 122 Å². The van der Waals surface area contributed by atoms with E-state index in [1.807, 2.05) is 5.38 Å². The van der Waals surface area contributed by atoms with Crippen LogP contribution in [0.25, 0.3) is 22.2 Å². The van der Waals surface area contributed by atoms with Gasteiger partial charge in [-0.2, -0.15) is 0 Å². The molecule has 0 saturated carbocycles. The monoisotopic (exact) mass is 332 g/mol. The van der Waals surface area contributed by atoms with Crippen molar-refractivity contribution >= 4 is 53.6 Å². The predicted molar refractivity (Wildman–Crippen MR) is 77.5 cm³/mol. The molecule has 0 unspecified atom stereocenters. The molecule has 98 valence electrons. The van der Waals surface area contributed by atoms with Crippen LogP contribution in [0.4, 0.5) is 0 Å². The van der Waals surface area contributed by atoms with Gasteiger partial charge in [0, 0.05) is 33.2 Å². The number of rotatable bonds is 2. The Morgan fingerprint density at radius 2 is 2.11 bits per heavy atom. The summed E-state index contributed by atoms with van der Waals surface area (Å²) in [7, 11) is 1.60. The Balaban J connectivity index is 2.41. The fraction of sp³-hybridized carbons (Fsp3) is 0. The molecule has 0 saturated heterocycles. The Hall–Kier alpha value is -1.08. The summed E-state index contributed by atoms with van der Waals surface area (Å²) in [5, 5.41) is 2.84. The molecule has 19 heavy (non-hydrogen) atoms. The maximum Gasteiger partial charge on any atom is 0.263 e. The van der Waals surface area contributed by atoms with Crippen LogP contribution in [-0.4, -0.2) is 18.4 Å². The zero-order chi connectivity index (χ0) is 13.6. The number of halogens is 2. The minimum atomic E-state index is -3.80. The number of H-pyrrole nitrogens is 1. The molecule has 1 aromatic carbocycles. The minimum Gasteiger partial charge on any atom is -0.359 e. The van der Waals surface area contributed by atoms with E-state index in [1.165, 1.54) is 17.5 Å². The molecule has 0 radical (unpaired) electrons. The lowest BCUT2D eigenvalue weighted by molar-refractivity contribution is 0.610. The summed E-state index contributed by atoms with van der Waals surface area (Å²) in [5.74, 6) is 0. The third-order valence-electron chi connectivity index (χ3n) is 2.72. The van der Waals surface area contributed by atoms with Gasteiger partial charge in [0.15, 0.2) is 0 Å². The Morgan fingerprint density at radius 1 is 1.32 bits per heavy atom. The normalized spacial score (nSPS) is 12.1. The molecule has 8 heteroatoms. The highest BCUT2D eigenvalue weighted by Gasteiger charge is 2.20. The lowest BCUT2D eigenvalue weighted by Gasteiger charge is -2.03. The summed E-state index contributed by atoms with van der Waals surface area (Å²) in [4.78, 5) is 7.15. The SMILES string of the molecule is O=S(=O)(Cl)c1c[nH]c2c(-c3cscn3)c(Cl)ccc12. The number of nitrogens with zero attached hydrogens (tertiary/aromatic N) is 1. The maximum atomic E-state index is 11.5. The third kappa shape index (κ3) is 2.14. The van der Waals surface area contributed by atoms with Crippen LogP contribution >= 0.6 is 33.6 Å². The number of hydrogen-bond donors (Lipinski definition) is 1. The number of aromatic nitrogens is 2. The smallest absolute Gasteiger partial charge is 0.263 e. The molecule has 0 aliphatic rings. The number of benzene rings is 1. The zero-order valence-electron chi connectivity index (χ0n) is 9.22. The molecule has 2 aromatic heterocycles. The number of nitrogens with one attached hydrogen (secondary N) is 1. The Bertz CT molecular complexity index is 854. The van der Waals surface area contributed by atoms with Crippen molar-refractivity contribution in [3.05, 3.63) is 34.2 Å². The highest BCUT2D eigenvalue weighted by atomic mass is 35.7. The van der Waals surface area contributed by atoms with E-state index in [4.69, 9.17) is 22.3 Å². The molecular formula is C11H6Cl2N2O2S2. The van der Waals surface area contributed by atoms with Crippen molar-refractivity contribution < 1.29 is 8.42 Å². The van der Waals surface area contributed by atoms with Crippen LogP contribution in [0.5, 0.6) is 0 Å². The second kappa shape index (κ2) is 4.49. The van der Waals surface area contributed by atoms with Gasteiger partial charge < -0.3 is 4.98 Å². The lowest BCUT2D eigenvalue weighted by atomic mass is 10.1. The van der Waals surface area contributed by atoms with E-state index >= 15 is 0 Å². The van der Waals surface area contributed by atoms with Crippen LogP contribution in [0.1, 0.15) is 0 Å². The van der Waals surface area contributed by atoms with E-state index in [-0.39, 0.29) is 4.90 Å². The van der Waals surface area contributed by atoms with E-state index < -0.39 is 9.05 Å². The molecule has 4 nitrogen and oxygen atoms in total. The van der Waals surface area contributed by atoms with Gasteiger partial charge in [0.2, 0.25) is 0 Å². The summed E-state index contributed by atoms with van der Waals surface area (Å²) in [6.45, 7) is 0. The first-order chi connectivity index (χ1) is 8.98. The van der Waals surface area contributed by atoms with E-state index in [2.05, 4.69) is 9.97 Å². The molecular weight excluding hydrogens is 327 g/mol. The van der Waals surface area contributed by atoms with E-state index in [0.29, 0.717) is 27.2 Å². The van der Waals surface area contributed by atoms with Crippen LogP contribution < -0.4 is 0 Å². The minimum absolute atomic E-state index is 0.0392. The highest BCUT2D eigenvalue weighted by Crippen LogP contribution is 2.37. The van der Waals surface area contributed by atoms with Gasteiger partial charge >= 0.3 is 0 Å². The molecule has 0 aliphatic carbocycles. The first kappa shape index (κ1) is 12.9. The first-order valence-corrected chi connectivity index (χ1v) is 8.74. The maximum absolute atomic E-state index is 11.5. The van der Waals surface area contributed by atoms with Crippen LogP contribution in [0.2, 0.25) is 5.02 Å². The van der Waals surface area contributed by atoms with Crippen LogP contribution in [0.3, 0.4) is 0 Å². The van der Waals surface area contributed by atoms with Gasteiger partial charge in [-0.15, -0.1) is 11.3 Å². The average Bonchev–Trinajstić information content (AvgIpc) is 2.94. The summed E-state index contributed by atoms with van der Waals surface area (Å²) in [5.41, 5.74) is 3.66. The zero-order valence-corrected chi connectivity index (χ0v) is 12.4. The standard InChI is InChI=1S/C11H6Cl2N2O2S2/c12-7-2-1-6-9(19(13,16)17)3-14-11(6)10(7)8-4-18-5-15-8/h1-5,14H. The topological polar surface area (TPSA) is 62.8 Å². The van der Waals surface area contributed by atoms with Gasteiger partial charge in [-0.05, 0) is 12.1 Å².